The van der Waals surface area contributed by atoms with Crippen LogP contribution in [0, 0.1) is 40.4 Å². The van der Waals surface area contributed by atoms with E-state index in [0.717, 1.165) is 32.1 Å². The molecule has 0 aliphatic heterocycles. The molecule has 0 radical (unpaired) electrons. The van der Waals surface area contributed by atoms with Crippen molar-refractivity contribution in [3.05, 3.63) is 11.6 Å². The van der Waals surface area contributed by atoms with Crippen LogP contribution in [0.5, 0.6) is 0 Å². The van der Waals surface area contributed by atoms with Crippen LogP contribution in [0.25, 0.3) is 0 Å². The second-order valence-electron chi connectivity index (χ2n) is 9.93. The number of hydrogen-bond donors (Lipinski definition) is 1. The Labute approximate surface area is 151 Å². The molecule has 4 rings (SSSR count). The second-order valence-corrected chi connectivity index (χ2v) is 9.93. The molecule has 25 heavy (non-hydrogen) atoms. The molecule has 0 bridgehead atoms. The Morgan fingerprint density at radius 3 is 2.68 bits per heavy atom. The molecule has 4 unspecified atom stereocenters. The standard InChI is InChI=1S/C22H32O3/c1-12-9-15-17-6-5-16(13(2)23)22(17,4)11-19(25)20(15)21(3)8-7-14(24)10-18(12)21/h10,12,15-17,19-20,25H,5-9,11H2,1-4H3/t12-,15?,16+,17?,19?,20?,21-,22+/m0/s1. The molecule has 0 spiro atoms. The van der Waals surface area contributed by atoms with Crippen molar-refractivity contribution in [2.24, 2.45) is 40.4 Å². The first kappa shape index (κ1) is 17.5. The van der Waals surface area contributed by atoms with E-state index >= 15 is 0 Å². The summed E-state index contributed by atoms with van der Waals surface area (Å²) in [6, 6.07) is 0. The van der Waals surface area contributed by atoms with Crippen molar-refractivity contribution in [2.45, 2.75) is 72.3 Å². The fourth-order valence-corrected chi connectivity index (χ4v) is 7.79. The molecule has 1 N–H and O–H groups in total. The van der Waals surface area contributed by atoms with Gasteiger partial charge in [-0.25, -0.2) is 0 Å². The molecule has 3 fully saturated rings. The Hall–Kier alpha value is -0.960. The summed E-state index contributed by atoms with van der Waals surface area (Å²) in [4.78, 5) is 24.3. The van der Waals surface area contributed by atoms with E-state index in [0.29, 0.717) is 30.0 Å². The number of rotatable bonds is 1. The molecular weight excluding hydrogens is 312 g/mol. The van der Waals surface area contributed by atoms with Crippen molar-refractivity contribution in [2.75, 3.05) is 0 Å². The summed E-state index contributed by atoms with van der Waals surface area (Å²) in [5.41, 5.74) is 1.19. The number of carbonyl (C=O) groups excluding carboxylic acids is 2. The lowest BCUT2D eigenvalue weighted by atomic mass is 9.44. The average molecular weight is 344 g/mol. The Morgan fingerprint density at radius 1 is 1.28 bits per heavy atom. The minimum absolute atomic E-state index is 0.0474. The normalized spacial score (nSPS) is 52.0. The number of aliphatic hydroxyl groups is 1. The molecule has 4 aliphatic carbocycles. The van der Waals surface area contributed by atoms with Gasteiger partial charge in [-0.1, -0.05) is 26.3 Å². The van der Waals surface area contributed by atoms with Crippen LogP contribution in [0.1, 0.15) is 66.2 Å². The molecule has 138 valence electrons. The molecule has 0 aromatic heterocycles. The van der Waals surface area contributed by atoms with E-state index in [1.165, 1.54) is 5.57 Å². The molecule has 3 saturated carbocycles. The molecular formula is C22H32O3. The zero-order valence-corrected chi connectivity index (χ0v) is 16.0. The highest BCUT2D eigenvalue weighted by atomic mass is 16.3. The summed E-state index contributed by atoms with van der Waals surface area (Å²) in [6.07, 6.45) is 6.93. The molecule has 0 aromatic rings. The van der Waals surface area contributed by atoms with Crippen molar-refractivity contribution in [1.29, 1.82) is 0 Å². The van der Waals surface area contributed by atoms with Crippen LogP contribution in [0.3, 0.4) is 0 Å². The number of Topliss-reactive ketones (excluding diaryl/α,β-unsaturated/α-hetero) is 1. The Morgan fingerprint density at radius 2 is 2.00 bits per heavy atom. The number of aliphatic hydroxyl groups excluding tert-OH is 1. The van der Waals surface area contributed by atoms with Crippen LogP contribution in [0.15, 0.2) is 11.6 Å². The van der Waals surface area contributed by atoms with Crippen LogP contribution in [0.2, 0.25) is 0 Å². The number of allylic oxidation sites excluding steroid dienone is 1. The quantitative estimate of drug-likeness (QED) is 0.784. The van der Waals surface area contributed by atoms with Gasteiger partial charge in [0.05, 0.1) is 6.10 Å². The van der Waals surface area contributed by atoms with Crippen LogP contribution >= 0.6 is 0 Å². The largest absolute Gasteiger partial charge is 0.393 e. The molecule has 0 aromatic carbocycles. The molecule has 0 heterocycles. The first-order valence-electron chi connectivity index (χ1n) is 10.1. The van der Waals surface area contributed by atoms with Gasteiger partial charge in [-0.3, -0.25) is 9.59 Å². The van der Waals surface area contributed by atoms with Crippen LogP contribution in [0.4, 0.5) is 0 Å². The van der Waals surface area contributed by atoms with E-state index in [-0.39, 0.29) is 34.6 Å². The summed E-state index contributed by atoms with van der Waals surface area (Å²) in [5.74, 6) is 2.33. The fraction of sp³-hybridized carbons (Fsp3) is 0.818. The highest BCUT2D eigenvalue weighted by molar-refractivity contribution is 5.91. The maximum atomic E-state index is 12.2. The van der Waals surface area contributed by atoms with Gasteiger partial charge in [0, 0.05) is 12.3 Å². The average Bonchev–Trinajstić information content (AvgIpc) is 2.85. The lowest BCUT2D eigenvalue weighted by molar-refractivity contribution is -0.147. The number of hydrogen-bond acceptors (Lipinski definition) is 3. The third kappa shape index (κ3) is 2.27. The Balaban J connectivity index is 1.76. The van der Waals surface area contributed by atoms with Gasteiger partial charge >= 0.3 is 0 Å². The minimum atomic E-state index is -0.361. The second kappa shape index (κ2) is 5.52. The third-order valence-electron chi connectivity index (χ3n) is 8.70. The first-order valence-corrected chi connectivity index (χ1v) is 10.1. The topological polar surface area (TPSA) is 54.4 Å². The fourth-order valence-electron chi connectivity index (χ4n) is 7.79. The van der Waals surface area contributed by atoms with E-state index in [1.54, 1.807) is 6.92 Å². The summed E-state index contributed by atoms with van der Waals surface area (Å²) in [7, 11) is 0. The van der Waals surface area contributed by atoms with Crippen molar-refractivity contribution in [1.82, 2.24) is 0 Å². The summed E-state index contributed by atoms with van der Waals surface area (Å²) in [5, 5.41) is 11.2. The van der Waals surface area contributed by atoms with E-state index in [1.807, 2.05) is 6.08 Å². The van der Waals surface area contributed by atoms with Gasteiger partial charge < -0.3 is 5.11 Å². The van der Waals surface area contributed by atoms with Gasteiger partial charge in [0.25, 0.3) is 0 Å². The monoisotopic (exact) mass is 344 g/mol. The van der Waals surface area contributed by atoms with E-state index < -0.39 is 0 Å². The summed E-state index contributed by atoms with van der Waals surface area (Å²) < 4.78 is 0. The molecule has 3 heteroatoms. The number of ketones is 2. The van der Waals surface area contributed by atoms with E-state index in [4.69, 9.17) is 0 Å². The SMILES string of the molecule is CC(=O)[C@H]1CCC2C3C[C@H](C)C4=CC(=O)CC[C@]4(C)C3C(O)C[C@@]21C. The highest BCUT2D eigenvalue weighted by Crippen LogP contribution is 2.67. The molecule has 0 saturated heterocycles. The highest BCUT2D eigenvalue weighted by Gasteiger charge is 2.63. The van der Waals surface area contributed by atoms with Gasteiger partial charge in [0.15, 0.2) is 5.78 Å². The lowest BCUT2D eigenvalue weighted by Gasteiger charge is -2.61. The molecule has 8 atom stereocenters. The first-order chi connectivity index (χ1) is 11.7. The third-order valence-corrected chi connectivity index (χ3v) is 8.70. The number of fused-ring (bicyclic) bond motifs is 5. The zero-order chi connectivity index (χ0) is 18.1. The van der Waals surface area contributed by atoms with Crippen molar-refractivity contribution in [3.8, 4) is 0 Å². The van der Waals surface area contributed by atoms with E-state index in [9.17, 15) is 14.7 Å². The molecule has 3 nitrogen and oxygen atoms in total. The maximum absolute atomic E-state index is 12.2. The molecule has 4 aliphatic rings. The maximum Gasteiger partial charge on any atom is 0.155 e. The van der Waals surface area contributed by atoms with Crippen LogP contribution in [-0.4, -0.2) is 22.8 Å². The minimum Gasteiger partial charge on any atom is -0.393 e. The smallest absolute Gasteiger partial charge is 0.155 e. The van der Waals surface area contributed by atoms with Crippen LogP contribution in [-0.2, 0) is 9.59 Å². The predicted octanol–water partition coefficient (Wildman–Crippen LogP) is 3.94. The van der Waals surface area contributed by atoms with Gasteiger partial charge in [-0.2, -0.15) is 0 Å². The summed E-state index contributed by atoms with van der Waals surface area (Å²) in [6.45, 7) is 8.55. The van der Waals surface area contributed by atoms with Gasteiger partial charge in [-0.05, 0) is 79.6 Å². The van der Waals surface area contributed by atoms with Crippen molar-refractivity contribution >= 4 is 11.6 Å². The van der Waals surface area contributed by atoms with Gasteiger partial charge in [-0.15, -0.1) is 0 Å². The van der Waals surface area contributed by atoms with Gasteiger partial charge in [0.1, 0.15) is 5.78 Å². The predicted molar refractivity (Wildman–Crippen MR) is 96.8 cm³/mol. The van der Waals surface area contributed by atoms with Crippen molar-refractivity contribution < 1.29 is 14.7 Å². The molecule has 0 amide bonds. The zero-order valence-electron chi connectivity index (χ0n) is 16.0. The Bertz CT molecular complexity index is 650. The van der Waals surface area contributed by atoms with Gasteiger partial charge in [0.2, 0.25) is 0 Å². The summed E-state index contributed by atoms with van der Waals surface area (Å²) >= 11 is 0. The Kier molecular flexibility index (Phi) is 3.85. The van der Waals surface area contributed by atoms with Crippen LogP contribution < -0.4 is 0 Å². The van der Waals surface area contributed by atoms with Crippen molar-refractivity contribution in [3.63, 3.8) is 0 Å². The lowest BCUT2D eigenvalue weighted by Crippen LogP contribution is -2.58. The number of carbonyl (C=O) groups is 2. The van der Waals surface area contributed by atoms with E-state index in [2.05, 4.69) is 20.8 Å².